The molecule has 0 aliphatic rings. The second kappa shape index (κ2) is 5.41. The summed E-state index contributed by atoms with van der Waals surface area (Å²) in [7, 11) is 0. The standard InChI is InChI=1S/C18H14BrNO/c1-11-3-7-15(19)10-16(11)18(21)14-6-8-17-13(9-14)5-4-12(2)20-17/h3-10H,1-2H3. The van der Waals surface area contributed by atoms with E-state index in [1.54, 1.807) is 0 Å². The van der Waals surface area contributed by atoms with Crippen molar-refractivity contribution in [1.29, 1.82) is 0 Å². The number of ketones is 1. The molecule has 3 rings (SSSR count). The molecule has 0 amide bonds. The minimum Gasteiger partial charge on any atom is -0.289 e. The Bertz CT molecular complexity index is 855. The van der Waals surface area contributed by atoms with Crippen LogP contribution in [0.2, 0.25) is 0 Å². The molecule has 0 atom stereocenters. The van der Waals surface area contributed by atoms with Crippen LogP contribution >= 0.6 is 15.9 Å². The van der Waals surface area contributed by atoms with E-state index < -0.39 is 0 Å². The van der Waals surface area contributed by atoms with Crippen LogP contribution in [0, 0.1) is 13.8 Å². The van der Waals surface area contributed by atoms with Gasteiger partial charge in [0.1, 0.15) is 0 Å². The van der Waals surface area contributed by atoms with Crippen molar-refractivity contribution in [3.63, 3.8) is 0 Å². The zero-order valence-electron chi connectivity index (χ0n) is 11.9. The predicted molar refractivity (Wildman–Crippen MR) is 88.8 cm³/mol. The minimum atomic E-state index is 0.0382. The lowest BCUT2D eigenvalue weighted by Gasteiger charge is -2.07. The van der Waals surface area contributed by atoms with Crippen molar-refractivity contribution in [2.24, 2.45) is 0 Å². The van der Waals surface area contributed by atoms with Crippen molar-refractivity contribution in [3.8, 4) is 0 Å². The number of hydrogen-bond acceptors (Lipinski definition) is 2. The molecule has 0 saturated heterocycles. The molecule has 3 aromatic rings. The molecule has 0 aliphatic heterocycles. The van der Waals surface area contributed by atoms with Gasteiger partial charge in [-0.15, -0.1) is 0 Å². The van der Waals surface area contributed by atoms with Gasteiger partial charge in [0.2, 0.25) is 0 Å². The van der Waals surface area contributed by atoms with Gasteiger partial charge in [0.15, 0.2) is 5.78 Å². The summed E-state index contributed by atoms with van der Waals surface area (Å²) in [6, 6.07) is 15.4. The number of aromatic nitrogens is 1. The van der Waals surface area contributed by atoms with Gasteiger partial charge in [-0.3, -0.25) is 9.78 Å². The van der Waals surface area contributed by atoms with E-state index in [4.69, 9.17) is 0 Å². The van der Waals surface area contributed by atoms with Gasteiger partial charge >= 0.3 is 0 Å². The van der Waals surface area contributed by atoms with Crippen LogP contribution in [0.25, 0.3) is 10.9 Å². The maximum absolute atomic E-state index is 12.7. The molecule has 0 aliphatic carbocycles. The van der Waals surface area contributed by atoms with Crippen LogP contribution in [0.4, 0.5) is 0 Å². The lowest BCUT2D eigenvalue weighted by molar-refractivity contribution is 0.103. The molecule has 21 heavy (non-hydrogen) atoms. The van der Waals surface area contributed by atoms with Crippen molar-refractivity contribution in [2.75, 3.05) is 0 Å². The van der Waals surface area contributed by atoms with Crippen LogP contribution in [0.15, 0.2) is 53.0 Å². The summed E-state index contributed by atoms with van der Waals surface area (Å²) in [4.78, 5) is 17.2. The zero-order valence-corrected chi connectivity index (χ0v) is 13.4. The van der Waals surface area contributed by atoms with Gasteiger partial charge in [0, 0.05) is 26.7 Å². The Kier molecular flexibility index (Phi) is 3.60. The lowest BCUT2D eigenvalue weighted by atomic mass is 9.98. The van der Waals surface area contributed by atoms with E-state index >= 15 is 0 Å². The Balaban J connectivity index is 2.09. The lowest BCUT2D eigenvalue weighted by Crippen LogP contribution is -2.04. The molecule has 0 N–H and O–H groups in total. The average Bonchev–Trinajstić information content (AvgIpc) is 2.48. The number of aryl methyl sites for hydroxylation is 2. The summed E-state index contributed by atoms with van der Waals surface area (Å²) < 4.78 is 0.912. The quantitative estimate of drug-likeness (QED) is 0.625. The molecule has 3 heteroatoms. The fraction of sp³-hybridized carbons (Fsp3) is 0.111. The number of rotatable bonds is 2. The Morgan fingerprint density at radius 3 is 2.62 bits per heavy atom. The smallest absolute Gasteiger partial charge is 0.193 e. The summed E-state index contributed by atoms with van der Waals surface area (Å²) in [6.07, 6.45) is 0. The maximum atomic E-state index is 12.7. The summed E-state index contributed by atoms with van der Waals surface area (Å²) in [5, 5.41) is 0.985. The second-order valence-corrected chi connectivity index (χ2v) is 6.06. The molecule has 0 spiro atoms. The number of nitrogens with zero attached hydrogens (tertiary/aromatic N) is 1. The summed E-state index contributed by atoms with van der Waals surface area (Å²) in [6.45, 7) is 3.91. The highest BCUT2D eigenvalue weighted by atomic mass is 79.9. The van der Waals surface area contributed by atoms with Crippen molar-refractivity contribution in [1.82, 2.24) is 4.98 Å². The molecule has 2 aromatic carbocycles. The SMILES string of the molecule is Cc1ccc2cc(C(=O)c3cc(Br)ccc3C)ccc2n1. The predicted octanol–water partition coefficient (Wildman–Crippen LogP) is 4.85. The highest BCUT2D eigenvalue weighted by Crippen LogP contribution is 2.21. The van der Waals surface area contributed by atoms with Crippen molar-refractivity contribution in [2.45, 2.75) is 13.8 Å². The van der Waals surface area contributed by atoms with Crippen molar-refractivity contribution < 1.29 is 4.79 Å². The van der Waals surface area contributed by atoms with Crippen LogP contribution in [0.3, 0.4) is 0 Å². The first-order chi connectivity index (χ1) is 10.0. The van der Waals surface area contributed by atoms with Crippen LogP contribution in [0.1, 0.15) is 27.2 Å². The van der Waals surface area contributed by atoms with E-state index in [1.165, 1.54) is 0 Å². The van der Waals surface area contributed by atoms with Gasteiger partial charge in [-0.25, -0.2) is 0 Å². The van der Waals surface area contributed by atoms with Gasteiger partial charge in [0.05, 0.1) is 5.52 Å². The number of benzene rings is 2. The highest BCUT2D eigenvalue weighted by molar-refractivity contribution is 9.10. The Labute approximate surface area is 132 Å². The van der Waals surface area contributed by atoms with E-state index in [0.717, 1.165) is 32.2 Å². The average molecular weight is 340 g/mol. The molecule has 1 aromatic heterocycles. The van der Waals surface area contributed by atoms with Crippen LogP contribution in [0.5, 0.6) is 0 Å². The topological polar surface area (TPSA) is 30.0 Å². The normalized spacial score (nSPS) is 10.8. The molecular weight excluding hydrogens is 326 g/mol. The Hall–Kier alpha value is -2.00. The second-order valence-electron chi connectivity index (χ2n) is 5.15. The molecule has 2 nitrogen and oxygen atoms in total. The molecule has 104 valence electrons. The van der Waals surface area contributed by atoms with E-state index in [9.17, 15) is 4.79 Å². The molecule has 0 bridgehead atoms. The molecule has 0 unspecified atom stereocenters. The summed E-state index contributed by atoms with van der Waals surface area (Å²) in [5.74, 6) is 0.0382. The highest BCUT2D eigenvalue weighted by Gasteiger charge is 2.13. The van der Waals surface area contributed by atoms with E-state index in [0.29, 0.717) is 5.56 Å². The Morgan fingerprint density at radius 2 is 1.81 bits per heavy atom. The number of fused-ring (bicyclic) bond motifs is 1. The first-order valence-electron chi connectivity index (χ1n) is 6.73. The monoisotopic (exact) mass is 339 g/mol. The van der Waals surface area contributed by atoms with Gasteiger partial charge in [-0.1, -0.05) is 28.1 Å². The number of carbonyl (C=O) groups is 1. The Morgan fingerprint density at radius 1 is 1.00 bits per heavy atom. The molecular formula is C18H14BrNO. The third-order valence-corrected chi connectivity index (χ3v) is 4.03. The molecule has 0 fully saturated rings. The van der Waals surface area contributed by atoms with E-state index in [2.05, 4.69) is 20.9 Å². The third kappa shape index (κ3) is 2.74. The van der Waals surface area contributed by atoms with Gasteiger partial charge < -0.3 is 0 Å². The van der Waals surface area contributed by atoms with Crippen molar-refractivity contribution in [3.05, 3.63) is 75.4 Å². The maximum Gasteiger partial charge on any atom is 0.193 e. The van der Waals surface area contributed by atoms with Crippen LogP contribution in [-0.2, 0) is 0 Å². The summed E-state index contributed by atoms with van der Waals surface area (Å²) in [5.41, 5.74) is 4.28. The van der Waals surface area contributed by atoms with Gasteiger partial charge in [-0.2, -0.15) is 0 Å². The third-order valence-electron chi connectivity index (χ3n) is 3.53. The first-order valence-corrected chi connectivity index (χ1v) is 7.52. The van der Waals surface area contributed by atoms with Gasteiger partial charge in [0.25, 0.3) is 0 Å². The number of hydrogen-bond donors (Lipinski definition) is 0. The summed E-state index contributed by atoms with van der Waals surface area (Å²) >= 11 is 3.42. The fourth-order valence-corrected chi connectivity index (χ4v) is 2.72. The molecule has 0 saturated carbocycles. The molecule has 1 heterocycles. The first kappa shape index (κ1) is 14.0. The van der Waals surface area contributed by atoms with Crippen LogP contribution in [-0.4, -0.2) is 10.8 Å². The number of halogens is 1. The molecule has 0 radical (unpaired) electrons. The van der Waals surface area contributed by atoms with Gasteiger partial charge in [-0.05, 0) is 55.8 Å². The number of pyridine rings is 1. The fourth-order valence-electron chi connectivity index (χ4n) is 2.36. The number of carbonyl (C=O) groups excluding carboxylic acids is 1. The zero-order chi connectivity index (χ0) is 15.0. The van der Waals surface area contributed by atoms with E-state index in [-0.39, 0.29) is 5.78 Å². The van der Waals surface area contributed by atoms with E-state index in [1.807, 2.05) is 62.4 Å². The largest absolute Gasteiger partial charge is 0.289 e. The minimum absolute atomic E-state index is 0.0382. The van der Waals surface area contributed by atoms with Crippen LogP contribution < -0.4 is 0 Å². The van der Waals surface area contributed by atoms with Crippen molar-refractivity contribution >= 4 is 32.6 Å².